The van der Waals surface area contributed by atoms with Crippen molar-refractivity contribution >= 4 is 21.6 Å². The Kier molecular flexibility index (Phi) is 3.04. The van der Waals surface area contributed by atoms with E-state index in [9.17, 15) is 0 Å². The lowest BCUT2D eigenvalue weighted by atomic mass is 10.2. The van der Waals surface area contributed by atoms with E-state index in [-0.39, 0.29) is 0 Å². The van der Waals surface area contributed by atoms with E-state index >= 15 is 0 Å². The molecule has 19 heavy (non-hydrogen) atoms. The number of anilines is 1. The Morgan fingerprint density at radius 2 is 2.26 bits per heavy atom. The zero-order valence-electron chi connectivity index (χ0n) is 9.82. The van der Waals surface area contributed by atoms with Gasteiger partial charge in [-0.05, 0) is 12.1 Å². The zero-order chi connectivity index (χ0) is 13.2. The van der Waals surface area contributed by atoms with E-state index in [4.69, 9.17) is 10.3 Å². The van der Waals surface area contributed by atoms with Crippen LogP contribution in [0.3, 0.4) is 0 Å². The van der Waals surface area contributed by atoms with Crippen LogP contribution in [0.25, 0.3) is 11.4 Å². The van der Waals surface area contributed by atoms with Crippen molar-refractivity contribution in [3.8, 4) is 11.4 Å². The Morgan fingerprint density at radius 1 is 1.37 bits per heavy atom. The Labute approximate surface area is 117 Å². The molecule has 0 saturated carbocycles. The molecule has 0 bridgehead atoms. The Balaban J connectivity index is 1.83. The summed E-state index contributed by atoms with van der Waals surface area (Å²) in [5.41, 5.74) is 7.09. The van der Waals surface area contributed by atoms with Crippen molar-refractivity contribution in [3.63, 3.8) is 0 Å². The first kappa shape index (κ1) is 11.9. The van der Waals surface area contributed by atoms with Crippen LogP contribution in [-0.4, -0.2) is 19.9 Å². The third-order valence-corrected chi connectivity index (χ3v) is 2.99. The van der Waals surface area contributed by atoms with E-state index in [2.05, 4.69) is 31.2 Å². The van der Waals surface area contributed by atoms with Crippen LogP contribution in [0, 0.1) is 0 Å². The third-order valence-electron chi connectivity index (χ3n) is 2.50. The van der Waals surface area contributed by atoms with Gasteiger partial charge >= 0.3 is 0 Å². The standard InChI is InChI=1S/C12H10BrN5O/c13-9-3-1-2-8(4-9)12-16-11(19-17-12)7-18-6-10(14)5-15-18/h1-6H,7,14H2. The van der Waals surface area contributed by atoms with E-state index < -0.39 is 0 Å². The van der Waals surface area contributed by atoms with Crippen molar-refractivity contribution < 1.29 is 4.52 Å². The molecule has 1 aromatic carbocycles. The molecule has 6 nitrogen and oxygen atoms in total. The van der Waals surface area contributed by atoms with Crippen molar-refractivity contribution in [1.82, 2.24) is 19.9 Å². The second-order valence-electron chi connectivity index (χ2n) is 3.99. The van der Waals surface area contributed by atoms with Crippen LogP contribution in [0.2, 0.25) is 0 Å². The summed E-state index contributed by atoms with van der Waals surface area (Å²) in [6.45, 7) is 0.401. The monoisotopic (exact) mass is 319 g/mol. The minimum atomic E-state index is 0.401. The van der Waals surface area contributed by atoms with E-state index in [1.165, 1.54) is 0 Å². The van der Waals surface area contributed by atoms with Gasteiger partial charge in [0.2, 0.25) is 11.7 Å². The predicted molar refractivity (Wildman–Crippen MR) is 73.2 cm³/mol. The van der Waals surface area contributed by atoms with Crippen molar-refractivity contribution in [2.45, 2.75) is 6.54 Å². The highest BCUT2D eigenvalue weighted by atomic mass is 79.9. The van der Waals surface area contributed by atoms with Crippen molar-refractivity contribution in [3.05, 3.63) is 47.0 Å². The molecular weight excluding hydrogens is 310 g/mol. The van der Waals surface area contributed by atoms with Crippen LogP contribution in [0.15, 0.2) is 45.7 Å². The van der Waals surface area contributed by atoms with Gasteiger partial charge in [-0.25, -0.2) is 0 Å². The molecule has 7 heteroatoms. The second kappa shape index (κ2) is 4.85. The number of hydrogen-bond donors (Lipinski definition) is 1. The SMILES string of the molecule is Nc1cnn(Cc2nc(-c3cccc(Br)c3)no2)c1. The fourth-order valence-corrected chi connectivity index (χ4v) is 2.07. The largest absolute Gasteiger partial charge is 0.396 e. The van der Waals surface area contributed by atoms with E-state index in [1.54, 1.807) is 17.1 Å². The fraction of sp³-hybridized carbons (Fsp3) is 0.0833. The fourth-order valence-electron chi connectivity index (χ4n) is 1.67. The molecule has 2 heterocycles. The zero-order valence-corrected chi connectivity index (χ0v) is 11.4. The average molecular weight is 320 g/mol. The summed E-state index contributed by atoms with van der Waals surface area (Å²) in [5, 5.41) is 8.01. The number of benzene rings is 1. The van der Waals surface area contributed by atoms with Gasteiger partial charge in [-0.3, -0.25) is 4.68 Å². The van der Waals surface area contributed by atoms with Crippen LogP contribution in [0.4, 0.5) is 5.69 Å². The molecule has 0 aliphatic heterocycles. The summed E-state index contributed by atoms with van der Waals surface area (Å²) in [7, 11) is 0. The van der Waals surface area contributed by atoms with Gasteiger partial charge in [0, 0.05) is 16.2 Å². The number of nitrogen functional groups attached to an aromatic ring is 1. The predicted octanol–water partition coefficient (Wildman–Crippen LogP) is 2.33. The number of rotatable bonds is 3. The molecule has 0 aliphatic carbocycles. The van der Waals surface area contributed by atoms with Crippen molar-refractivity contribution in [2.75, 3.05) is 5.73 Å². The molecule has 0 fully saturated rings. The summed E-state index contributed by atoms with van der Waals surface area (Å²) in [6.07, 6.45) is 3.29. The third kappa shape index (κ3) is 2.65. The quantitative estimate of drug-likeness (QED) is 0.801. The van der Waals surface area contributed by atoms with Gasteiger partial charge in [0.25, 0.3) is 0 Å². The number of nitrogens with zero attached hydrogens (tertiary/aromatic N) is 4. The molecule has 0 unspecified atom stereocenters. The summed E-state index contributed by atoms with van der Waals surface area (Å²) in [5.74, 6) is 1.04. The Bertz CT molecular complexity index is 705. The number of halogens is 1. The van der Waals surface area contributed by atoms with Gasteiger partial charge in [-0.2, -0.15) is 10.1 Å². The summed E-state index contributed by atoms with van der Waals surface area (Å²) in [6, 6.07) is 7.71. The molecule has 0 radical (unpaired) electrons. The molecule has 0 atom stereocenters. The molecule has 0 spiro atoms. The maximum atomic E-state index is 5.59. The molecule has 0 aliphatic rings. The molecule has 96 valence electrons. The summed E-state index contributed by atoms with van der Waals surface area (Å²) < 4.78 is 7.81. The topological polar surface area (TPSA) is 82.8 Å². The maximum Gasteiger partial charge on any atom is 0.248 e. The van der Waals surface area contributed by atoms with Gasteiger partial charge in [0.1, 0.15) is 6.54 Å². The molecular formula is C12H10BrN5O. The minimum absolute atomic E-state index is 0.401. The van der Waals surface area contributed by atoms with Gasteiger partial charge in [-0.1, -0.05) is 33.2 Å². The number of aromatic nitrogens is 4. The minimum Gasteiger partial charge on any atom is -0.396 e. The maximum absolute atomic E-state index is 5.59. The molecule has 3 aromatic rings. The molecule has 0 saturated heterocycles. The first-order valence-electron chi connectivity index (χ1n) is 5.57. The lowest BCUT2D eigenvalue weighted by Gasteiger charge is -1.95. The molecule has 2 aromatic heterocycles. The van der Waals surface area contributed by atoms with Gasteiger partial charge in [0.15, 0.2) is 0 Å². The van der Waals surface area contributed by atoms with Gasteiger partial charge < -0.3 is 10.3 Å². The number of nitrogens with two attached hydrogens (primary N) is 1. The summed E-state index contributed by atoms with van der Waals surface area (Å²) >= 11 is 3.41. The average Bonchev–Trinajstić information content (AvgIpc) is 2.99. The van der Waals surface area contributed by atoms with Crippen LogP contribution < -0.4 is 5.73 Å². The second-order valence-corrected chi connectivity index (χ2v) is 4.91. The Hall–Kier alpha value is -2.15. The lowest BCUT2D eigenvalue weighted by molar-refractivity contribution is 0.366. The lowest BCUT2D eigenvalue weighted by Crippen LogP contribution is -2.00. The van der Waals surface area contributed by atoms with Gasteiger partial charge in [0.05, 0.1) is 11.9 Å². The summed E-state index contributed by atoms with van der Waals surface area (Å²) in [4.78, 5) is 4.33. The number of hydrogen-bond acceptors (Lipinski definition) is 5. The molecule has 3 rings (SSSR count). The normalized spacial score (nSPS) is 10.8. The van der Waals surface area contributed by atoms with Crippen LogP contribution in [-0.2, 0) is 6.54 Å². The molecule has 0 amide bonds. The molecule has 2 N–H and O–H groups in total. The highest BCUT2D eigenvalue weighted by Gasteiger charge is 2.09. The first-order chi connectivity index (χ1) is 9.20. The highest BCUT2D eigenvalue weighted by Crippen LogP contribution is 2.20. The van der Waals surface area contributed by atoms with E-state index in [1.807, 2.05) is 24.3 Å². The van der Waals surface area contributed by atoms with E-state index in [0.717, 1.165) is 10.0 Å². The van der Waals surface area contributed by atoms with Crippen molar-refractivity contribution in [2.24, 2.45) is 0 Å². The van der Waals surface area contributed by atoms with Crippen molar-refractivity contribution in [1.29, 1.82) is 0 Å². The van der Waals surface area contributed by atoms with Crippen LogP contribution >= 0.6 is 15.9 Å². The highest BCUT2D eigenvalue weighted by molar-refractivity contribution is 9.10. The smallest absolute Gasteiger partial charge is 0.248 e. The van der Waals surface area contributed by atoms with Crippen LogP contribution in [0.1, 0.15) is 5.89 Å². The Morgan fingerprint density at radius 3 is 3.00 bits per heavy atom. The first-order valence-corrected chi connectivity index (χ1v) is 6.36. The van der Waals surface area contributed by atoms with Crippen LogP contribution in [0.5, 0.6) is 0 Å². The van der Waals surface area contributed by atoms with Gasteiger partial charge in [-0.15, -0.1) is 0 Å². The van der Waals surface area contributed by atoms with E-state index in [0.29, 0.717) is 23.9 Å².